The highest BCUT2D eigenvalue weighted by Crippen LogP contribution is 2.40. The second-order valence-corrected chi connectivity index (χ2v) is 9.87. The van der Waals surface area contributed by atoms with Crippen LogP contribution in [0.4, 0.5) is 0 Å². The van der Waals surface area contributed by atoms with E-state index in [4.69, 9.17) is 9.47 Å². The number of aromatic amines is 1. The molecule has 0 bridgehead atoms. The van der Waals surface area contributed by atoms with Gasteiger partial charge in [0.15, 0.2) is 5.57 Å². The maximum absolute atomic E-state index is 13.1. The van der Waals surface area contributed by atoms with Crippen molar-refractivity contribution in [1.29, 1.82) is 5.26 Å². The molecule has 10 heteroatoms. The number of nitriles is 1. The van der Waals surface area contributed by atoms with E-state index in [1.54, 1.807) is 19.1 Å². The molecule has 1 aromatic heterocycles. The Morgan fingerprint density at radius 2 is 2.03 bits per heavy atom. The van der Waals surface area contributed by atoms with E-state index >= 15 is 0 Å². The number of aryl methyl sites for hydroxylation is 1. The van der Waals surface area contributed by atoms with Crippen LogP contribution < -0.4 is 4.74 Å². The number of fused-ring (bicyclic) bond motifs is 1. The Balaban J connectivity index is 1.57. The van der Waals surface area contributed by atoms with Crippen LogP contribution in [0.15, 0.2) is 71.8 Å². The minimum absolute atomic E-state index is 0.0346. The van der Waals surface area contributed by atoms with Crippen LogP contribution >= 0.6 is 11.8 Å². The third kappa shape index (κ3) is 5.99. The molecule has 1 unspecified atom stereocenters. The number of nitrogens with one attached hydrogen (secondary N) is 1. The number of esters is 1. The second-order valence-electron chi connectivity index (χ2n) is 8.68. The predicted molar refractivity (Wildman–Crippen MR) is 147 cm³/mol. The molecule has 9 nitrogen and oxygen atoms in total. The summed E-state index contributed by atoms with van der Waals surface area (Å²) in [5.74, 6) is -1.54. The molecule has 1 aliphatic heterocycles. The van der Waals surface area contributed by atoms with E-state index < -0.39 is 17.2 Å². The number of carboxylic acids is 1. The minimum atomic E-state index is -1.09. The summed E-state index contributed by atoms with van der Waals surface area (Å²) < 4.78 is 11.0. The number of thioether (sulfide) groups is 1. The fourth-order valence-corrected chi connectivity index (χ4v) is 5.64. The van der Waals surface area contributed by atoms with Gasteiger partial charge in [-0.05, 0) is 43.0 Å². The molecule has 2 aromatic carbocycles. The molecule has 3 aromatic rings. The highest BCUT2D eigenvalue weighted by molar-refractivity contribution is 8.04. The molecule has 200 valence electrons. The van der Waals surface area contributed by atoms with Crippen LogP contribution in [0.1, 0.15) is 35.0 Å². The van der Waals surface area contributed by atoms with Gasteiger partial charge in [-0.2, -0.15) is 5.26 Å². The van der Waals surface area contributed by atoms with E-state index in [-0.39, 0.29) is 28.8 Å². The number of H-pyrrole nitrogens is 1. The number of aromatic nitrogens is 1. The monoisotopic (exact) mass is 545 g/mol. The highest BCUT2D eigenvalue weighted by Gasteiger charge is 2.39. The fraction of sp³-hybridized carbons (Fsp3) is 0.241. The molecule has 1 saturated heterocycles. The van der Waals surface area contributed by atoms with E-state index in [2.05, 4.69) is 11.6 Å². The molecule has 1 amide bonds. The third-order valence-corrected chi connectivity index (χ3v) is 7.57. The average Bonchev–Trinajstić information content (AvgIpc) is 3.53. The maximum atomic E-state index is 13.1. The van der Waals surface area contributed by atoms with Gasteiger partial charge in [-0.1, -0.05) is 60.8 Å². The number of ether oxygens (including phenoxy) is 2. The third-order valence-electron chi connectivity index (χ3n) is 6.20. The van der Waals surface area contributed by atoms with E-state index in [0.717, 1.165) is 11.1 Å². The van der Waals surface area contributed by atoms with Crippen LogP contribution in [0.2, 0.25) is 0 Å². The Bertz CT molecular complexity index is 1490. The molecule has 1 atom stereocenters. The van der Waals surface area contributed by atoms with Gasteiger partial charge in [0.25, 0.3) is 0 Å². The van der Waals surface area contributed by atoms with E-state index in [1.165, 1.54) is 22.7 Å². The van der Waals surface area contributed by atoms with Crippen molar-refractivity contribution in [3.8, 4) is 11.8 Å². The van der Waals surface area contributed by atoms with E-state index in [9.17, 15) is 24.8 Å². The van der Waals surface area contributed by atoms with Gasteiger partial charge in [-0.3, -0.25) is 4.79 Å². The SMILES string of the molecule is C=CCOC(=O)/C(C#N)=C1\SC(CCc2ccc(OCc3ccccc3)c3cc(C(=O)O)[nH]c23)C(=O)N1CC. The number of rotatable bonds is 11. The van der Waals surface area contributed by atoms with Crippen LogP contribution in [0, 0.1) is 11.3 Å². The Morgan fingerprint density at radius 3 is 2.69 bits per heavy atom. The number of carbonyl (C=O) groups excluding carboxylic acids is 2. The van der Waals surface area contributed by atoms with Gasteiger partial charge in [0.2, 0.25) is 5.91 Å². The van der Waals surface area contributed by atoms with Gasteiger partial charge in [0.1, 0.15) is 35.8 Å². The first kappa shape index (κ1) is 27.5. The van der Waals surface area contributed by atoms with Gasteiger partial charge in [-0.15, -0.1) is 0 Å². The molecule has 4 rings (SSSR count). The number of nitrogens with zero attached hydrogens (tertiary/aromatic N) is 2. The summed E-state index contributed by atoms with van der Waals surface area (Å²) in [4.78, 5) is 41.6. The first-order chi connectivity index (χ1) is 18.9. The van der Waals surface area contributed by atoms with Gasteiger partial charge in [0.05, 0.1) is 10.8 Å². The van der Waals surface area contributed by atoms with Crippen molar-refractivity contribution in [1.82, 2.24) is 9.88 Å². The smallest absolute Gasteiger partial charge is 0.352 e. The standard InChI is InChI=1S/C29H27N3O6S/c1-3-14-37-29(36)21(16-30)27-32(4-2)26(33)24(39-27)13-11-19-10-12-23(38-17-18-8-6-5-7-9-18)20-15-22(28(34)35)31-25(19)20/h3,5-10,12,15,24,31H,1,4,11,13-14,17H2,2H3,(H,34,35)/b27-21-. The number of hydrogen-bond donors (Lipinski definition) is 2. The summed E-state index contributed by atoms with van der Waals surface area (Å²) in [6.45, 7) is 5.86. The lowest BCUT2D eigenvalue weighted by Gasteiger charge is -2.15. The number of benzene rings is 2. The zero-order valence-electron chi connectivity index (χ0n) is 21.3. The van der Waals surface area contributed by atoms with Crippen LogP contribution in [-0.2, 0) is 27.4 Å². The molecule has 0 radical (unpaired) electrons. The minimum Gasteiger partial charge on any atom is -0.488 e. The van der Waals surface area contributed by atoms with Crippen molar-refractivity contribution in [2.24, 2.45) is 0 Å². The van der Waals surface area contributed by atoms with Crippen molar-refractivity contribution in [3.63, 3.8) is 0 Å². The van der Waals surface area contributed by atoms with Crippen LogP contribution in [0.3, 0.4) is 0 Å². The molecule has 2 N–H and O–H groups in total. The summed E-state index contributed by atoms with van der Waals surface area (Å²) in [5, 5.41) is 19.6. The summed E-state index contributed by atoms with van der Waals surface area (Å²) in [6.07, 6.45) is 2.26. The maximum Gasteiger partial charge on any atom is 0.352 e. The Hall–Kier alpha value is -4.49. The van der Waals surface area contributed by atoms with Crippen LogP contribution in [-0.4, -0.2) is 51.2 Å². The van der Waals surface area contributed by atoms with E-state index in [1.807, 2.05) is 42.5 Å². The molecule has 39 heavy (non-hydrogen) atoms. The molecule has 0 aliphatic carbocycles. The zero-order chi connectivity index (χ0) is 27.9. The first-order valence-electron chi connectivity index (χ1n) is 12.3. The molecule has 0 saturated carbocycles. The second kappa shape index (κ2) is 12.4. The lowest BCUT2D eigenvalue weighted by Crippen LogP contribution is -2.29. The van der Waals surface area contributed by atoms with Crippen molar-refractivity contribution in [3.05, 3.63) is 88.6 Å². The van der Waals surface area contributed by atoms with Crippen LogP contribution in [0.5, 0.6) is 5.75 Å². The summed E-state index contributed by atoms with van der Waals surface area (Å²) in [7, 11) is 0. The van der Waals surface area contributed by atoms with Crippen LogP contribution in [0.25, 0.3) is 10.9 Å². The van der Waals surface area contributed by atoms with E-state index in [0.29, 0.717) is 42.6 Å². The Kier molecular flexibility index (Phi) is 8.74. The number of amides is 1. The topological polar surface area (TPSA) is 133 Å². The molecule has 2 heterocycles. The molecular formula is C29H27N3O6S. The number of carboxylic acid groups (broad SMARTS) is 1. The lowest BCUT2D eigenvalue weighted by atomic mass is 10.0. The first-order valence-corrected chi connectivity index (χ1v) is 13.2. The predicted octanol–water partition coefficient (Wildman–Crippen LogP) is 4.81. The molecule has 1 aliphatic rings. The molecule has 1 fully saturated rings. The number of carbonyl (C=O) groups is 3. The van der Waals surface area contributed by atoms with Gasteiger partial charge >= 0.3 is 11.9 Å². The summed E-state index contributed by atoms with van der Waals surface area (Å²) in [5.41, 5.74) is 2.26. The van der Waals surface area contributed by atoms with Gasteiger partial charge in [-0.25, -0.2) is 9.59 Å². The average molecular weight is 546 g/mol. The van der Waals surface area contributed by atoms with Crippen molar-refractivity contribution >= 4 is 40.5 Å². The van der Waals surface area contributed by atoms with Crippen molar-refractivity contribution in [2.45, 2.75) is 31.6 Å². The zero-order valence-corrected chi connectivity index (χ0v) is 22.1. The van der Waals surface area contributed by atoms with Crippen molar-refractivity contribution in [2.75, 3.05) is 13.2 Å². The molecular weight excluding hydrogens is 518 g/mol. The quantitative estimate of drug-likeness (QED) is 0.152. The largest absolute Gasteiger partial charge is 0.488 e. The summed E-state index contributed by atoms with van der Waals surface area (Å²) >= 11 is 1.17. The normalized spacial score (nSPS) is 16.2. The highest BCUT2D eigenvalue weighted by atomic mass is 32.2. The lowest BCUT2D eigenvalue weighted by molar-refractivity contribution is -0.137. The van der Waals surface area contributed by atoms with Gasteiger partial charge in [0, 0.05) is 11.9 Å². The summed E-state index contributed by atoms with van der Waals surface area (Å²) in [6, 6.07) is 16.7. The van der Waals surface area contributed by atoms with Gasteiger partial charge < -0.3 is 24.5 Å². The number of hydrogen-bond acceptors (Lipinski definition) is 7. The fourth-order valence-electron chi connectivity index (χ4n) is 4.31. The van der Waals surface area contributed by atoms with Crippen molar-refractivity contribution < 1.29 is 29.0 Å². The Morgan fingerprint density at radius 1 is 1.26 bits per heavy atom. The molecule has 0 spiro atoms. The Labute approximate surface area is 229 Å². The number of aromatic carboxylic acids is 1.